The lowest BCUT2D eigenvalue weighted by Gasteiger charge is -2.35. The lowest BCUT2D eigenvalue weighted by atomic mass is 10.1. The van der Waals surface area contributed by atoms with Crippen LogP contribution in [0.25, 0.3) is 10.9 Å². The van der Waals surface area contributed by atoms with Gasteiger partial charge in [-0.25, -0.2) is 4.98 Å². The molecular formula is C33H37BrClN5O2. The second kappa shape index (κ2) is 14.0. The Morgan fingerprint density at radius 3 is 2.43 bits per heavy atom. The van der Waals surface area contributed by atoms with Crippen LogP contribution in [0.3, 0.4) is 0 Å². The van der Waals surface area contributed by atoms with Gasteiger partial charge in [0.05, 0.1) is 23.5 Å². The molecular weight excluding hydrogens is 614 g/mol. The minimum atomic E-state index is -0.409. The molecule has 0 aliphatic carbocycles. The van der Waals surface area contributed by atoms with E-state index in [9.17, 15) is 9.59 Å². The van der Waals surface area contributed by atoms with Crippen LogP contribution in [0.2, 0.25) is 5.02 Å². The van der Waals surface area contributed by atoms with Crippen LogP contribution < -0.4 is 5.56 Å². The van der Waals surface area contributed by atoms with Crippen molar-refractivity contribution in [3.63, 3.8) is 0 Å². The summed E-state index contributed by atoms with van der Waals surface area (Å²) in [5, 5.41) is 1.03. The van der Waals surface area contributed by atoms with E-state index in [0.29, 0.717) is 46.8 Å². The lowest BCUT2D eigenvalue weighted by Crippen LogP contribution is -2.45. The van der Waals surface area contributed by atoms with Crippen molar-refractivity contribution in [2.24, 2.45) is 0 Å². The molecule has 0 N–H and O–H groups in total. The number of benzene rings is 3. The molecule has 1 fully saturated rings. The summed E-state index contributed by atoms with van der Waals surface area (Å²) in [6, 6.07) is 22.1. The van der Waals surface area contributed by atoms with E-state index in [1.807, 2.05) is 66.4 Å². The van der Waals surface area contributed by atoms with Crippen LogP contribution in [0.15, 0.2) is 82.1 Å². The van der Waals surface area contributed by atoms with Crippen molar-refractivity contribution >= 4 is 44.3 Å². The van der Waals surface area contributed by atoms with Gasteiger partial charge in [0.1, 0.15) is 5.82 Å². The molecule has 220 valence electrons. The van der Waals surface area contributed by atoms with Crippen LogP contribution in [0.4, 0.5) is 0 Å². The number of rotatable bonds is 10. The van der Waals surface area contributed by atoms with Crippen molar-refractivity contribution < 1.29 is 4.79 Å². The van der Waals surface area contributed by atoms with Crippen LogP contribution in [0.5, 0.6) is 0 Å². The maximum atomic E-state index is 14.2. The van der Waals surface area contributed by atoms with E-state index >= 15 is 0 Å². The van der Waals surface area contributed by atoms with Gasteiger partial charge in [0, 0.05) is 47.8 Å². The van der Waals surface area contributed by atoms with Crippen LogP contribution >= 0.6 is 27.5 Å². The van der Waals surface area contributed by atoms with Gasteiger partial charge in [0.2, 0.25) is 0 Å². The van der Waals surface area contributed by atoms with Crippen molar-refractivity contribution in [2.45, 2.75) is 32.4 Å². The minimum Gasteiger partial charge on any atom is -0.328 e. The molecule has 0 bridgehead atoms. The van der Waals surface area contributed by atoms with Gasteiger partial charge < -0.3 is 14.7 Å². The maximum absolute atomic E-state index is 14.2. The number of aromatic nitrogens is 2. The van der Waals surface area contributed by atoms with Crippen molar-refractivity contribution in [1.29, 1.82) is 0 Å². The Hall–Kier alpha value is -3.04. The topological polar surface area (TPSA) is 61.7 Å². The van der Waals surface area contributed by atoms with E-state index in [1.54, 1.807) is 22.8 Å². The number of halogens is 2. The second-order valence-electron chi connectivity index (χ2n) is 10.9. The van der Waals surface area contributed by atoms with E-state index in [1.165, 1.54) is 0 Å². The molecule has 9 heteroatoms. The molecule has 1 amide bonds. The monoisotopic (exact) mass is 649 g/mol. The fourth-order valence-corrected chi connectivity index (χ4v) is 6.05. The summed E-state index contributed by atoms with van der Waals surface area (Å²) in [4.78, 5) is 39.9. The van der Waals surface area contributed by atoms with Gasteiger partial charge in [-0.2, -0.15) is 0 Å². The third kappa shape index (κ3) is 7.11. The highest BCUT2D eigenvalue weighted by molar-refractivity contribution is 9.10. The average molecular weight is 651 g/mol. The zero-order chi connectivity index (χ0) is 29.6. The van der Waals surface area contributed by atoms with Crippen LogP contribution in [0.1, 0.15) is 47.6 Å². The summed E-state index contributed by atoms with van der Waals surface area (Å²) in [7, 11) is 2.15. The molecule has 2 heterocycles. The zero-order valence-electron chi connectivity index (χ0n) is 24.2. The molecule has 0 saturated carbocycles. The van der Waals surface area contributed by atoms with Crippen molar-refractivity contribution in [3.05, 3.63) is 110 Å². The summed E-state index contributed by atoms with van der Waals surface area (Å²) >= 11 is 9.82. The van der Waals surface area contributed by atoms with Crippen molar-refractivity contribution in [2.75, 3.05) is 46.3 Å². The molecule has 1 atom stereocenters. The first kappa shape index (κ1) is 30.4. The number of carbonyl (C=O) groups is 1. The van der Waals surface area contributed by atoms with Crippen LogP contribution in [-0.2, 0) is 6.54 Å². The van der Waals surface area contributed by atoms with E-state index in [4.69, 9.17) is 16.6 Å². The van der Waals surface area contributed by atoms with Gasteiger partial charge >= 0.3 is 0 Å². The van der Waals surface area contributed by atoms with Gasteiger partial charge in [0.15, 0.2) is 0 Å². The molecule has 0 spiro atoms. The van der Waals surface area contributed by atoms with Gasteiger partial charge in [-0.1, -0.05) is 64.8 Å². The van der Waals surface area contributed by atoms with Gasteiger partial charge in [0.25, 0.3) is 11.5 Å². The summed E-state index contributed by atoms with van der Waals surface area (Å²) in [5.74, 6) is 0.505. The molecule has 42 heavy (non-hydrogen) atoms. The third-order valence-corrected chi connectivity index (χ3v) is 8.78. The number of fused-ring (bicyclic) bond motifs is 1. The van der Waals surface area contributed by atoms with Crippen molar-refractivity contribution in [1.82, 2.24) is 24.3 Å². The molecule has 7 nitrogen and oxygen atoms in total. The summed E-state index contributed by atoms with van der Waals surface area (Å²) in [6.45, 7) is 8.02. The first-order chi connectivity index (χ1) is 20.3. The molecule has 1 aliphatic rings. The second-order valence-corrected chi connectivity index (χ2v) is 12.3. The predicted octanol–water partition coefficient (Wildman–Crippen LogP) is 6.09. The molecule has 4 aromatic rings. The fourth-order valence-electron chi connectivity index (χ4n) is 5.62. The molecule has 1 saturated heterocycles. The molecule has 1 unspecified atom stereocenters. The minimum absolute atomic E-state index is 0.0700. The summed E-state index contributed by atoms with van der Waals surface area (Å²) in [5.41, 5.74) is 2.00. The zero-order valence-corrected chi connectivity index (χ0v) is 26.5. The first-order valence-electron chi connectivity index (χ1n) is 14.6. The molecule has 3 aromatic carbocycles. The average Bonchev–Trinajstić information content (AvgIpc) is 3.00. The predicted molar refractivity (Wildman–Crippen MR) is 173 cm³/mol. The van der Waals surface area contributed by atoms with E-state index in [-0.39, 0.29) is 11.5 Å². The quantitative estimate of drug-likeness (QED) is 0.208. The van der Waals surface area contributed by atoms with Crippen molar-refractivity contribution in [3.8, 4) is 0 Å². The Bertz CT molecular complexity index is 1570. The normalized spacial score (nSPS) is 15.1. The molecule has 1 aromatic heterocycles. The standard InChI is InChI=1S/C33H37BrClN5O2/c1-3-30(31-36-29-22-27(35)14-15-28(29)33(42)40(31)23-24-8-5-4-6-9-24)39(32(41)25-10-12-26(34)13-11-25)17-7-16-38-20-18-37(2)19-21-38/h4-6,8-15,22,30H,3,7,16-21,23H2,1-2H3. The van der Waals surface area contributed by atoms with Gasteiger partial charge in [-0.3, -0.25) is 14.2 Å². The highest BCUT2D eigenvalue weighted by Gasteiger charge is 2.29. The highest BCUT2D eigenvalue weighted by atomic mass is 79.9. The van der Waals surface area contributed by atoms with E-state index < -0.39 is 6.04 Å². The molecule has 1 aliphatic heterocycles. The summed E-state index contributed by atoms with van der Waals surface area (Å²) in [6.07, 6.45) is 1.43. The van der Waals surface area contributed by atoms with Crippen LogP contribution in [-0.4, -0.2) is 76.5 Å². The Labute approximate surface area is 260 Å². The number of hydrogen-bond donors (Lipinski definition) is 0. The highest BCUT2D eigenvalue weighted by Crippen LogP contribution is 2.28. The van der Waals surface area contributed by atoms with Gasteiger partial charge in [-0.15, -0.1) is 0 Å². The third-order valence-electron chi connectivity index (χ3n) is 8.01. The number of carbonyl (C=O) groups excluding carboxylic acids is 1. The number of nitrogens with zero attached hydrogens (tertiary/aromatic N) is 5. The van der Waals surface area contributed by atoms with Gasteiger partial charge in [-0.05, 0) is 74.5 Å². The van der Waals surface area contributed by atoms with Crippen LogP contribution in [0, 0.1) is 0 Å². The summed E-state index contributed by atoms with van der Waals surface area (Å²) < 4.78 is 2.65. The number of amides is 1. The molecule has 0 radical (unpaired) electrons. The number of hydrogen-bond acceptors (Lipinski definition) is 5. The SMILES string of the molecule is CCC(c1nc2cc(Cl)ccc2c(=O)n1Cc1ccccc1)N(CCCN1CCN(C)CC1)C(=O)c1ccc(Br)cc1. The van der Waals surface area contributed by atoms with E-state index in [0.717, 1.165) is 49.2 Å². The number of likely N-dealkylation sites (N-methyl/N-ethyl adjacent to an activating group) is 1. The number of piperazine rings is 1. The Kier molecular flexibility index (Phi) is 10.1. The Morgan fingerprint density at radius 1 is 1.02 bits per heavy atom. The lowest BCUT2D eigenvalue weighted by molar-refractivity contribution is 0.0639. The first-order valence-corrected chi connectivity index (χ1v) is 15.7. The van der Waals surface area contributed by atoms with E-state index in [2.05, 4.69) is 32.8 Å². The fraction of sp³-hybridized carbons (Fsp3) is 0.364. The molecule has 5 rings (SSSR count). The largest absolute Gasteiger partial charge is 0.328 e. The Balaban J connectivity index is 1.55. The smallest absolute Gasteiger partial charge is 0.261 e. The Morgan fingerprint density at radius 2 is 1.74 bits per heavy atom. The maximum Gasteiger partial charge on any atom is 0.261 e.